The molecule has 1 amide bonds. The van der Waals surface area contributed by atoms with E-state index in [-0.39, 0.29) is 5.91 Å². The molecule has 0 spiro atoms. The van der Waals surface area contributed by atoms with Crippen molar-refractivity contribution in [2.24, 2.45) is 0 Å². The third-order valence-electron chi connectivity index (χ3n) is 5.08. The summed E-state index contributed by atoms with van der Waals surface area (Å²) < 4.78 is 0. The molecule has 2 heterocycles. The SMILES string of the molecule is CCN(c1ccccc1)c1cncc(C(=O)N2CCc3ccccc3C2)c1. The molecule has 27 heavy (non-hydrogen) atoms. The molecule has 0 fully saturated rings. The standard InChI is InChI=1S/C23H23N3O/c1-2-26(21-10-4-3-5-11-21)22-14-20(15-24-16-22)23(27)25-13-12-18-8-6-7-9-19(18)17-25/h3-11,14-16H,2,12-13,17H2,1H3. The van der Waals surface area contributed by atoms with Crippen molar-refractivity contribution in [1.82, 2.24) is 9.88 Å². The normalized spacial score (nSPS) is 13.1. The van der Waals surface area contributed by atoms with Gasteiger partial charge in [0.05, 0.1) is 17.4 Å². The number of fused-ring (bicyclic) bond motifs is 1. The molecule has 0 radical (unpaired) electrons. The maximum absolute atomic E-state index is 13.1. The Kier molecular flexibility index (Phi) is 4.88. The maximum atomic E-state index is 13.1. The van der Waals surface area contributed by atoms with E-state index < -0.39 is 0 Å². The number of carbonyl (C=O) groups excluding carboxylic acids is 1. The Labute approximate surface area is 160 Å². The van der Waals surface area contributed by atoms with Gasteiger partial charge in [-0.05, 0) is 42.7 Å². The first-order valence-electron chi connectivity index (χ1n) is 9.40. The van der Waals surface area contributed by atoms with Crippen LogP contribution in [0.25, 0.3) is 0 Å². The van der Waals surface area contributed by atoms with Gasteiger partial charge in [0, 0.05) is 31.5 Å². The first kappa shape index (κ1) is 17.3. The minimum atomic E-state index is 0.0444. The van der Waals surface area contributed by atoms with Gasteiger partial charge in [0.1, 0.15) is 0 Å². The number of carbonyl (C=O) groups is 1. The van der Waals surface area contributed by atoms with Crippen LogP contribution >= 0.6 is 0 Å². The van der Waals surface area contributed by atoms with Crippen LogP contribution in [0.3, 0.4) is 0 Å². The minimum Gasteiger partial charge on any atom is -0.340 e. The van der Waals surface area contributed by atoms with E-state index in [0.29, 0.717) is 12.1 Å². The van der Waals surface area contributed by atoms with Crippen molar-refractivity contribution in [2.45, 2.75) is 19.9 Å². The van der Waals surface area contributed by atoms with E-state index in [1.165, 1.54) is 11.1 Å². The number of anilines is 2. The smallest absolute Gasteiger partial charge is 0.255 e. The summed E-state index contributed by atoms with van der Waals surface area (Å²) in [6, 6.07) is 20.5. The molecule has 0 saturated heterocycles. The number of nitrogens with zero attached hydrogens (tertiary/aromatic N) is 3. The number of rotatable bonds is 4. The summed E-state index contributed by atoms with van der Waals surface area (Å²) >= 11 is 0. The highest BCUT2D eigenvalue weighted by Crippen LogP contribution is 2.26. The lowest BCUT2D eigenvalue weighted by Crippen LogP contribution is -2.36. The Balaban J connectivity index is 1.58. The fraction of sp³-hybridized carbons (Fsp3) is 0.217. The van der Waals surface area contributed by atoms with Crippen LogP contribution in [0.5, 0.6) is 0 Å². The van der Waals surface area contributed by atoms with Crippen LogP contribution < -0.4 is 4.90 Å². The van der Waals surface area contributed by atoms with Crippen molar-refractivity contribution in [3.8, 4) is 0 Å². The zero-order valence-electron chi connectivity index (χ0n) is 15.5. The number of pyridine rings is 1. The van der Waals surface area contributed by atoms with E-state index in [0.717, 1.165) is 30.9 Å². The molecule has 0 unspecified atom stereocenters. The summed E-state index contributed by atoms with van der Waals surface area (Å²) in [5.74, 6) is 0.0444. The lowest BCUT2D eigenvalue weighted by atomic mass is 9.99. The maximum Gasteiger partial charge on any atom is 0.255 e. The van der Waals surface area contributed by atoms with Crippen molar-refractivity contribution in [3.05, 3.63) is 89.7 Å². The molecular formula is C23H23N3O. The topological polar surface area (TPSA) is 36.4 Å². The Morgan fingerprint density at radius 2 is 1.74 bits per heavy atom. The van der Waals surface area contributed by atoms with Gasteiger partial charge in [-0.15, -0.1) is 0 Å². The molecule has 0 aliphatic carbocycles. The first-order valence-corrected chi connectivity index (χ1v) is 9.40. The number of hydrogen-bond acceptors (Lipinski definition) is 3. The molecule has 1 aliphatic rings. The molecule has 3 aromatic rings. The van der Waals surface area contributed by atoms with Crippen LogP contribution in [0.1, 0.15) is 28.4 Å². The van der Waals surface area contributed by atoms with Crippen LogP contribution in [-0.2, 0) is 13.0 Å². The quantitative estimate of drug-likeness (QED) is 0.693. The fourth-order valence-corrected chi connectivity index (χ4v) is 3.67. The Bertz CT molecular complexity index is 939. The third-order valence-corrected chi connectivity index (χ3v) is 5.08. The Morgan fingerprint density at radius 1 is 1.00 bits per heavy atom. The van der Waals surface area contributed by atoms with Crippen molar-refractivity contribution >= 4 is 17.3 Å². The predicted octanol–water partition coefficient (Wildman–Crippen LogP) is 4.44. The number of amides is 1. The highest BCUT2D eigenvalue weighted by atomic mass is 16.2. The van der Waals surface area contributed by atoms with E-state index in [1.54, 1.807) is 6.20 Å². The van der Waals surface area contributed by atoms with Crippen LogP contribution in [0.15, 0.2) is 73.1 Å². The Morgan fingerprint density at radius 3 is 2.52 bits per heavy atom. The Hall–Kier alpha value is -3.14. The molecule has 0 N–H and O–H groups in total. The van der Waals surface area contributed by atoms with E-state index in [1.807, 2.05) is 41.4 Å². The summed E-state index contributed by atoms with van der Waals surface area (Å²) in [5, 5.41) is 0. The molecule has 2 aromatic carbocycles. The zero-order chi connectivity index (χ0) is 18.6. The lowest BCUT2D eigenvalue weighted by molar-refractivity contribution is 0.0734. The van der Waals surface area contributed by atoms with Crippen molar-refractivity contribution in [3.63, 3.8) is 0 Å². The molecule has 4 rings (SSSR count). The van der Waals surface area contributed by atoms with Crippen LogP contribution in [0.2, 0.25) is 0 Å². The molecule has 4 heteroatoms. The van der Waals surface area contributed by atoms with Crippen molar-refractivity contribution < 1.29 is 4.79 Å². The summed E-state index contributed by atoms with van der Waals surface area (Å²) in [5.41, 5.74) is 5.25. The van der Waals surface area contributed by atoms with E-state index in [2.05, 4.69) is 47.1 Å². The van der Waals surface area contributed by atoms with Gasteiger partial charge in [-0.1, -0.05) is 42.5 Å². The molecule has 1 aromatic heterocycles. The molecule has 0 atom stereocenters. The second-order valence-electron chi connectivity index (χ2n) is 6.76. The number of benzene rings is 2. The summed E-state index contributed by atoms with van der Waals surface area (Å²) in [6.45, 7) is 4.31. The number of para-hydroxylation sites is 1. The van der Waals surface area contributed by atoms with Gasteiger partial charge in [-0.2, -0.15) is 0 Å². The van der Waals surface area contributed by atoms with Crippen LogP contribution in [0, 0.1) is 0 Å². The van der Waals surface area contributed by atoms with Crippen molar-refractivity contribution in [1.29, 1.82) is 0 Å². The van der Waals surface area contributed by atoms with E-state index in [4.69, 9.17) is 0 Å². The second kappa shape index (κ2) is 7.62. The minimum absolute atomic E-state index is 0.0444. The van der Waals surface area contributed by atoms with E-state index >= 15 is 0 Å². The predicted molar refractivity (Wildman–Crippen MR) is 108 cm³/mol. The number of aromatic nitrogens is 1. The summed E-state index contributed by atoms with van der Waals surface area (Å²) in [6.07, 6.45) is 4.39. The van der Waals surface area contributed by atoms with Gasteiger partial charge < -0.3 is 9.80 Å². The van der Waals surface area contributed by atoms with Gasteiger partial charge in [0.25, 0.3) is 5.91 Å². The average molecular weight is 357 g/mol. The van der Waals surface area contributed by atoms with Gasteiger partial charge in [0.2, 0.25) is 0 Å². The largest absolute Gasteiger partial charge is 0.340 e. The van der Waals surface area contributed by atoms with E-state index in [9.17, 15) is 4.79 Å². The van der Waals surface area contributed by atoms with Gasteiger partial charge >= 0.3 is 0 Å². The molecule has 4 nitrogen and oxygen atoms in total. The molecule has 0 saturated carbocycles. The second-order valence-corrected chi connectivity index (χ2v) is 6.76. The number of hydrogen-bond donors (Lipinski definition) is 0. The zero-order valence-corrected chi connectivity index (χ0v) is 15.5. The molecule has 136 valence electrons. The molecule has 1 aliphatic heterocycles. The van der Waals surface area contributed by atoms with Crippen LogP contribution in [-0.4, -0.2) is 28.9 Å². The van der Waals surface area contributed by atoms with Crippen LogP contribution in [0.4, 0.5) is 11.4 Å². The fourth-order valence-electron chi connectivity index (χ4n) is 3.67. The first-order chi connectivity index (χ1) is 13.3. The summed E-state index contributed by atoms with van der Waals surface area (Å²) in [7, 11) is 0. The monoisotopic (exact) mass is 357 g/mol. The van der Waals surface area contributed by atoms with Gasteiger partial charge in [-0.3, -0.25) is 9.78 Å². The highest BCUT2D eigenvalue weighted by molar-refractivity contribution is 5.95. The van der Waals surface area contributed by atoms with Gasteiger partial charge in [0.15, 0.2) is 0 Å². The van der Waals surface area contributed by atoms with Crippen molar-refractivity contribution in [2.75, 3.05) is 18.0 Å². The lowest BCUT2D eigenvalue weighted by Gasteiger charge is -2.29. The third kappa shape index (κ3) is 3.56. The highest BCUT2D eigenvalue weighted by Gasteiger charge is 2.22. The van der Waals surface area contributed by atoms with Gasteiger partial charge in [-0.25, -0.2) is 0 Å². The molecule has 0 bridgehead atoms. The molecular weight excluding hydrogens is 334 g/mol. The summed E-state index contributed by atoms with van der Waals surface area (Å²) in [4.78, 5) is 21.5. The average Bonchev–Trinajstić information content (AvgIpc) is 2.74.